The van der Waals surface area contributed by atoms with Gasteiger partial charge in [-0.15, -0.1) is 0 Å². The Morgan fingerprint density at radius 1 is 0.529 bits per heavy atom. The maximum Gasteiger partial charge on any atom is 0.143 e. The summed E-state index contributed by atoms with van der Waals surface area (Å²) in [5.74, 6) is 0.941. The van der Waals surface area contributed by atoms with Gasteiger partial charge >= 0.3 is 0 Å². The van der Waals surface area contributed by atoms with Crippen molar-refractivity contribution >= 4 is 39.2 Å². The van der Waals surface area contributed by atoms with Crippen molar-refractivity contribution in [3.05, 3.63) is 186 Å². The second-order valence-electron chi connectivity index (χ2n) is 14.4. The van der Waals surface area contributed by atoms with Gasteiger partial charge in [0.2, 0.25) is 0 Å². The van der Waals surface area contributed by atoms with Crippen molar-refractivity contribution in [2.45, 2.75) is 31.7 Å². The predicted molar refractivity (Wildman–Crippen MR) is 214 cm³/mol. The van der Waals surface area contributed by atoms with Gasteiger partial charge in [-0.1, -0.05) is 147 Å². The Morgan fingerprint density at radius 3 is 1.94 bits per heavy atom. The molecular weight excluding hydrogens is 619 g/mol. The Bertz CT molecular complexity index is 2630. The van der Waals surface area contributed by atoms with E-state index in [-0.39, 0.29) is 11.5 Å². The third-order valence-electron chi connectivity index (χ3n) is 11.2. The molecule has 0 saturated carbocycles. The summed E-state index contributed by atoms with van der Waals surface area (Å²) in [6.07, 6.45) is 5.33. The highest BCUT2D eigenvalue weighted by molar-refractivity contribution is 6.13. The van der Waals surface area contributed by atoms with E-state index in [1.54, 1.807) is 0 Å². The molecule has 244 valence electrons. The third kappa shape index (κ3) is 4.63. The van der Waals surface area contributed by atoms with Gasteiger partial charge in [0.1, 0.15) is 11.3 Å². The molecule has 0 N–H and O–H groups in total. The van der Waals surface area contributed by atoms with Gasteiger partial charge in [0.05, 0.1) is 6.04 Å². The van der Waals surface area contributed by atoms with Crippen LogP contribution < -0.4 is 4.90 Å². The zero-order chi connectivity index (χ0) is 34.1. The van der Waals surface area contributed by atoms with E-state index in [1.807, 2.05) is 0 Å². The van der Waals surface area contributed by atoms with Crippen LogP contribution in [0.25, 0.3) is 61.2 Å². The van der Waals surface area contributed by atoms with Crippen molar-refractivity contribution in [2.75, 3.05) is 4.90 Å². The van der Waals surface area contributed by atoms with E-state index >= 15 is 0 Å². The van der Waals surface area contributed by atoms with E-state index in [0.717, 1.165) is 28.8 Å². The van der Waals surface area contributed by atoms with Crippen molar-refractivity contribution in [1.82, 2.24) is 0 Å². The van der Waals surface area contributed by atoms with Crippen molar-refractivity contribution in [2.24, 2.45) is 0 Å². The van der Waals surface area contributed by atoms with Gasteiger partial charge in [-0.2, -0.15) is 0 Å². The number of nitrogens with zero attached hydrogens (tertiary/aromatic N) is 1. The molecule has 51 heavy (non-hydrogen) atoms. The summed E-state index contributed by atoms with van der Waals surface area (Å²) in [4.78, 5) is 2.56. The Labute approximate surface area is 298 Å². The molecule has 7 aromatic carbocycles. The first kappa shape index (κ1) is 29.8. The molecule has 2 aliphatic carbocycles. The molecule has 0 saturated heterocycles. The minimum absolute atomic E-state index is 0.0172. The summed E-state index contributed by atoms with van der Waals surface area (Å²) in [6, 6.07) is 57.6. The zero-order valence-electron chi connectivity index (χ0n) is 28.8. The number of furan rings is 1. The zero-order valence-corrected chi connectivity index (χ0v) is 28.8. The fourth-order valence-corrected chi connectivity index (χ4v) is 8.73. The van der Waals surface area contributed by atoms with Gasteiger partial charge in [-0.05, 0) is 92.7 Å². The molecule has 1 heterocycles. The van der Waals surface area contributed by atoms with E-state index in [9.17, 15) is 0 Å². The number of benzene rings is 7. The van der Waals surface area contributed by atoms with Crippen molar-refractivity contribution < 1.29 is 4.42 Å². The first-order chi connectivity index (χ1) is 25.1. The standard InChI is InChI=1S/C49H37NO/c1-49(2)43-21-12-11-19-38(43)39-29-28-36(30-44(39)49)50(35-26-24-33(25-27-35)32-14-5-3-6-15-32)45-22-13-23-46-47(45)42-31-41(34-16-7-4-8-17-34)37-18-9-10-20-40(37)48(42)51-46/h3-21,23-31,45H,22H2,1-2H3. The van der Waals surface area contributed by atoms with Crippen molar-refractivity contribution in [1.29, 1.82) is 0 Å². The number of rotatable bonds is 5. The average Bonchev–Trinajstić information content (AvgIpc) is 3.68. The number of hydrogen-bond donors (Lipinski definition) is 0. The second-order valence-corrected chi connectivity index (χ2v) is 14.4. The Hall–Kier alpha value is -6.12. The van der Waals surface area contributed by atoms with Crippen LogP contribution in [0.4, 0.5) is 11.4 Å². The molecule has 0 radical (unpaired) electrons. The first-order valence-corrected chi connectivity index (χ1v) is 18.0. The summed E-state index contributed by atoms with van der Waals surface area (Å²) in [6.45, 7) is 4.73. The van der Waals surface area contributed by atoms with Crippen LogP contribution in [-0.2, 0) is 5.41 Å². The van der Waals surface area contributed by atoms with Crippen molar-refractivity contribution in [3.63, 3.8) is 0 Å². The lowest BCUT2D eigenvalue weighted by molar-refractivity contribution is 0.582. The fourth-order valence-electron chi connectivity index (χ4n) is 8.73. The third-order valence-corrected chi connectivity index (χ3v) is 11.2. The van der Waals surface area contributed by atoms with E-state index < -0.39 is 0 Å². The summed E-state index contributed by atoms with van der Waals surface area (Å²) < 4.78 is 6.86. The Kier molecular flexibility index (Phi) is 6.69. The lowest BCUT2D eigenvalue weighted by atomic mass is 9.82. The number of fused-ring (bicyclic) bond motifs is 8. The molecule has 0 spiro atoms. The molecule has 2 aliphatic rings. The molecule has 0 amide bonds. The summed E-state index contributed by atoms with van der Waals surface area (Å²) in [7, 11) is 0. The smallest absolute Gasteiger partial charge is 0.143 e. The average molecular weight is 656 g/mol. The SMILES string of the molecule is CC1(C)c2ccccc2-c2ccc(N(c3ccc(-c4ccccc4)cc3)C3CC=Cc4oc5c(cc(-c6ccccc6)c6ccccc65)c43)cc21. The lowest BCUT2D eigenvalue weighted by Gasteiger charge is -2.36. The molecule has 2 nitrogen and oxygen atoms in total. The summed E-state index contributed by atoms with van der Waals surface area (Å²) in [5, 5.41) is 3.53. The molecule has 1 aromatic heterocycles. The molecule has 10 rings (SSSR count). The summed E-state index contributed by atoms with van der Waals surface area (Å²) >= 11 is 0. The lowest BCUT2D eigenvalue weighted by Crippen LogP contribution is -2.25. The van der Waals surface area contributed by atoms with Crippen LogP contribution in [0.15, 0.2) is 168 Å². The molecule has 0 fully saturated rings. The molecule has 8 aromatic rings. The highest BCUT2D eigenvalue weighted by Gasteiger charge is 2.37. The minimum Gasteiger partial charge on any atom is -0.456 e. The van der Waals surface area contributed by atoms with E-state index in [4.69, 9.17) is 4.42 Å². The molecule has 2 heteroatoms. The highest BCUT2D eigenvalue weighted by Crippen LogP contribution is 2.52. The van der Waals surface area contributed by atoms with Crippen LogP contribution >= 0.6 is 0 Å². The van der Waals surface area contributed by atoms with E-state index in [0.29, 0.717) is 0 Å². The monoisotopic (exact) mass is 655 g/mol. The van der Waals surface area contributed by atoms with Crippen LogP contribution in [0.5, 0.6) is 0 Å². The van der Waals surface area contributed by atoms with Gasteiger partial charge in [-0.25, -0.2) is 0 Å². The quantitative estimate of drug-likeness (QED) is 0.183. The largest absolute Gasteiger partial charge is 0.456 e. The second kappa shape index (κ2) is 11.5. The number of anilines is 2. The Morgan fingerprint density at radius 2 is 1.16 bits per heavy atom. The first-order valence-electron chi connectivity index (χ1n) is 18.0. The van der Waals surface area contributed by atoms with E-state index in [1.165, 1.54) is 66.5 Å². The predicted octanol–water partition coefficient (Wildman–Crippen LogP) is 13.5. The van der Waals surface area contributed by atoms with Gasteiger partial charge in [-0.3, -0.25) is 0 Å². The molecule has 1 atom stereocenters. The Balaban J connectivity index is 1.20. The van der Waals surface area contributed by atoms with Crippen LogP contribution in [0.1, 0.15) is 48.8 Å². The minimum atomic E-state index is -0.103. The van der Waals surface area contributed by atoms with E-state index in [2.05, 4.69) is 189 Å². The fraction of sp³-hybridized carbons (Fsp3) is 0.102. The van der Waals surface area contributed by atoms with Crippen LogP contribution in [0, 0.1) is 0 Å². The number of hydrogen-bond acceptors (Lipinski definition) is 2. The van der Waals surface area contributed by atoms with Gasteiger partial charge in [0, 0.05) is 33.1 Å². The normalized spacial score (nSPS) is 15.5. The van der Waals surface area contributed by atoms with Crippen LogP contribution in [0.3, 0.4) is 0 Å². The van der Waals surface area contributed by atoms with Gasteiger partial charge < -0.3 is 9.32 Å². The van der Waals surface area contributed by atoms with Crippen LogP contribution in [0.2, 0.25) is 0 Å². The van der Waals surface area contributed by atoms with Gasteiger partial charge in [0.25, 0.3) is 0 Å². The highest BCUT2D eigenvalue weighted by atomic mass is 16.3. The molecule has 0 bridgehead atoms. The molecule has 0 aliphatic heterocycles. The maximum atomic E-state index is 6.86. The molecule has 1 unspecified atom stereocenters. The maximum absolute atomic E-state index is 6.86. The summed E-state index contributed by atoms with van der Waals surface area (Å²) in [5.41, 5.74) is 14.7. The van der Waals surface area contributed by atoms with Crippen molar-refractivity contribution in [3.8, 4) is 33.4 Å². The van der Waals surface area contributed by atoms with Crippen LogP contribution in [-0.4, -0.2) is 0 Å². The van der Waals surface area contributed by atoms with Gasteiger partial charge in [0.15, 0.2) is 0 Å². The topological polar surface area (TPSA) is 16.4 Å². The molecular formula is C49H37NO.